The number of nitro benzene ring substituents is 1. The first kappa shape index (κ1) is 16.1. The van der Waals surface area contributed by atoms with Crippen molar-refractivity contribution in [3.63, 3.8) is 0 Å². The summed E-state index contributed by atoms with van der Waals surface area (Å²) < 4.78 is 5.45. The zero-order valence-corrected chi connectivity index (χ0v) is 12.3. The van der Waals surface area contributed by atoms with E-state index in [1.165, 1.54) is 12.1 Å². The number of carbonyl (C=O) groups excluding carboxylic acids is 1. The first-order valence-corrected chi connectivity index (χ1v) is 6.74. The number of non-ortho nitro benzene ring substituents is 1. The number of urea groups is 1. The van der Waals surface area contributed by atoms with Crippen LogP contribution in [-0.4, -0.2) is 22.7 Å². The van der Waals surface area contributed by atoms with Crippen molar-refractivity contribution in [2.75, 3.05) is 11.5 Å². The lowest BCUT2D eigenvalue weighted by Gasteiger charge is -2.23. The number of hydrogen-bond acceptors (Lipinski definition) is 5. The molecular weight excluding hydrogens is 302 g/mol. The van der Waals surface area contributed by atoms with Crippen molar-refractivity contribution in [1.82, 2.24) is 0 Å². The van der Waals surface area contributed by atoms with Crippen LogP contribution in [-0.2, 0) is 0 Å². The number of benzene rings is 2. The molecule has 0 aliphatic carbocycles. The first-order valence-electron chi connectivity index (χ1n) is 6.74. The lowest BCUT2D eigenvalue weighted by Crippen LogP contribution is -2.31. The first-order chi connectivity index (χ1) is 11.0. The summed E-state index contributed by atoms with van der Waals surface area (Å²) in [4.78, 5) is 23.0. The van der Waals surface area contributed by atoms with Gasteiger partial charge in [-0.05, 0) is 25.1 Å². The summed E-state index contributed by atoms with van der Waals surface area (Å²) in [6, 6.07) is 9.17. The highest BCUT2D eigenvalue weighted by molar-refractivity contribution is 6.01. The normalized spacial score (nSPS) is 10.1. The highest BCUT2D eigenvalue weighted by Crippen LogP contribution is 2.39. The van der Waals surface area contributed by atoms with Crippen LogP contribution in [0.15, 0.2) is 42.5 Å². The van der Waals surface area contributed by atoms with Gasteiger partial charge < -0.3 is 15.6 Å². The molecule has 2 rings (SSSR count). The maximum atomic E-state index is 11.9. The molecule has 0 bridgehead atoms. The monoisotopic (exact) mass is 317 g/mol. The number of aromatic hydroxyl groups is 1. The molecule has 0 spiro atoms. The quantitative estimate of drug-likeness (QED) is 0.649. The number of nitrogens with two attached hydrogens (primary N) is 1. The third-order valence-electron chi connectivity index (χ3n) is 3.04. The molecule has 0 aliphatic rings. The Morgan fingerprint density at radius 1 is 1.30 bits per heavy atom. The number of carbonyl (C=O) groups is 1. The predicted molar refractivity (Wildman–Crippen MR) is 84.1 cm³/mol. The van der Waals surface area contributed by atoms with Crippen molar-refractivity contribution in [3.8, 4) is 11.5 Å². The Kier molecular flexibility index (Phi) is 4.65. The Labute approximate surface area is 131 Å². The van der Waals surface area contributed by atoms with Crippen LogP contribution in [0.1, 0.15) is 6.92 Å². The van der Waals surface area contributed by atoms with Gasteiger partial charge in [-0.1, -0.05) is 12.1 Å². The number of nitro groups is 1. The van der Waals surface area contributed by atoms with Gasteiger partial charge in [0.1, 0.15) is 11.5 Å². The van der Waals surface area contributed by atoms with Gasteiger partial charge in [0.2, 0.25) is 0 Å². The van der Waals surface area contributed by atoms with E-state index in [9.17, 15) is 20.0 Å². The minimum absolute atomic E-state index is 0.0234. The fraction of sp³-hybridized carbons (Fsp3) is 0.133. The Morgan fingerprint density at radius 2 is 2.00 bits per heavy atom. The highest BCUT2D eigenvalue weighted by Gasteiger charge is 2.23. The molecule has 0 heterocycles. The van der Waals surface area contributed by atoms with Gasteiger partial charge in [0.15, 0.2) is 0 Å². The van der Waals surface area contributed by atoms with Gasteiger partial charge in [-0.3, -0.25) is 15.0 Å². The lowest BCUT2D eigenvalue weighted by atomic mass is 10.2. The van der Waals surface area contributed by atoms with Crippen molar-refractivity contribution in [3.05, 3.63) is 52.6 Å². The average Bonchev–Trinajstić information content (AvgIpc) is 2.50. The second kappa shape index (κ2) is 6.65. The summed E-state index contributed by atoms with van der Waals surface area (Å²) in [7, 11) is 0. The molecule has 0 saturated carbocycles. The van der Waals surface area contributed by atoms with Crippen LogP contribution in [0, 0.1) is 10.1 Å². The molecule has 2 aromatic carbocycles. The molecule has 8 nitrogen and oxygen atoms in total. The molecule has 0 radical (unpaired) electrons. The molecule has 2 amide bonds. The number of para-hydroxylation sites is 2. The number of nitrogens with zero attached hydrogens (tertiary/aromatic N) is 2. The van der Waals surface area contributed by atoms with Crippen molar-refractivity contribution in [1.29, 1.82) is 0 Å². The molecule has 0 aliphatic heterocycles. The van der Waals surface area contributed by atoms with Gasteiger partial charge in [0.05, 0.1) is 29.0 Å². The van der Waals surface area contributed by atoms with E-state index < -0.39 is 16.7 Å². The number of phenols is 1. The van der Waals surface area contributed by atoms with E-state index in [-0.39, 0.29) is 11.4 Å². The summed E-state index contributed by atoms with van der Waals surface area (Å²) in [5.74, 6) is -0.0455. The number of phenolic OH excluding ortho intramolecular Hbond substituents is 1. The van der Waals surface area contributed by atoms with Crippen LogP contribution in [0.4, 0.5) is 21.9 Å². The zero-order valence-electron chi connectivity index (χ0n) is 12.3. The standard InChI is InChI=1S/C15H15N3O5/c1-2-23-14-6-4-3-5-12(14)17(15(16)20)11-8-7-10(18(21)22)9-13(11)19/h3-9,19H,2H2,1H3,(H2,16,20). The summed E-state index contributed by atoms with van der Waals surface area (Å²) in [5, 5.41) is 20.8. The van der Waals surface area contributed by atoms with Gasteiger partial charge in [-0.15, -0.1) is 0 Å². The van der Waals surface area contributed by atoms with Crippen LogP contribution in [0.25, 0.3) is 0 Å². The van der Waals surface area contributed by atoms with Crippen molar-refractivity contribution in [2.24, 2.45) is 5.73 Å². The highest BCUT2D eigenvalue weighted by atomic mass is 16.6. The third kappa shape index (κ3) is 3.31. The molecule has 0 atom stereocenters. The van der Waals surface area contributed by atoms with Crippen LogP contribution >= 0.6 is 0 Å². The molecule has 8 heteroatoms. The lowest BCUT2D eigenvalue weighted by molar-refractivity contribution is -0.384. The maximum Gasteiger partial charge on any atom is 0.324 e. The van der Waals surface area contributed by atoms with Gasteiger partial charge in [-0.2, -0.15) is 0 Å². The number of hydrogen-bond donors (Lipinski definition) is 2. The number of anilines is 2. The minimum atomic E-state index is -0.860. The molecule has 0 aromatic heterocycles. The molecule has 3 N–H and O–H groups in total. The number of rotatable bonds is 5. The second-order valence-electron chi connectivity index (χ2n) is 4.50. The number of primary amides is 1. The zero-order chi connectivity index (χ0) is 17.0. The molecule has 0 fully saturated rings. The van der Waals surface area contributed by atoms with E-state index in [4.69, 9.17) is 10.5 Å². The number of amides is 2. The predicted octanol–water partition coefficient (Wildman–Crippen LogP) is 2.92. The molecule has 120 valence electrons. The Morgan fingerprint density at radius 3 is 2.57 bits per heavy atom. The Balaban J connectivity index is 2.56. The van der Waals surface area contributed by atoms with Gasteiger partial charge in [-0.25, -0.2) is 4.79 Å². The Bertz CT molecular complexity index is 748. The van der Waals surface area contributed by atoms with Crippen molar-refractivity contribution in [2.45, 2.75) is 6.92 Å². The largest absolute Gasteiger partial charge is 0.505 e. The Hall–Kier alpha value is -3.29. The summed E-state index contributed by atoms with van der Waals surface area (Å²) in [5.41, 5.74) is 5.47. The van der Waals surface area contributed by atoms with E-state index in [0.29, 0.717) is 18.0 Å². The van der Waals surface area contributed by atoms with E-state index in [0.717, 1.165) is 11.0 Å². The third-order valence-corrected chi connectivity index (χ3v) is 3.04. The van der Waals surface area contributed by atoms with Gasteiger partial charge >= 0.3 is 6.03 Å². The summed E-state index contributed by atoms with van der Waals surface area (Å²) in [6.07, 6.45) is 0. The van der Waals surface area contributed by atoms with Crippen LogP contribution in [0.3, 0.4) is 0 Å². The van der Waals surface area contributed by atoms with Crippen LogP contribution in [0.5, 0.6) is 11.5 Å². The van der Waals surface area contributed by atoms with E-state index in [1.807, 2.05) is 0 Å². The van der Waals surface area contributed by atoms with Crippen molar-refractivity contribution < 1.29 is 19.6 Å². The maximum absolute atomic E-state index is 11.9. The smallest absolute Gasteiger partial charge is 0.324 e. The molecular formula is C15H15N3O5. The van der Waals surface area contributed by atoms with Gasteiger partial charge in [0, 0.05) is 6.07 Å². The fourth-order valence-electron chi connectivity index (χ4n) is 2.10. The molecule has 2 aromatic rings. The topological polar surface area (TPSA) is 119 Å². The number of ether oxygens (including phenoxy) is 1. The van der Waals surface area contributed by atoms with Crippen LogP contribution < -0.4 is 15.4 Å². The summed E-state index contributed by atoms with van der Waals surface area (Å²) >= 11 is 0. The average molecular weight is 317 g/mol. The molecule has 0 unspecified atom stereocenters. The fourth-order valence-corrected chi connectivity index (χ4v) is 2.10. The summed E-state index contributed by atoms with van der Waals surface area (Å²) in [6.45, 7) is 2.16. The van der Waals surface area contributed by atoms with Crippen LogP contribution in [0.2, 0.25) is 0 Å². The van der Waals surface area contributed by atoms with Crippen molar-refractivity contribution >= 4 is 23.1 Å². The molecule has 0 saturated heterocycles. The minimum Gasteiger partial charge on any atom is -0.505 e. The van der Waals surface area contributed by atoms with E-state index >= 15 is 0 Å². The SMILES string of the molecule is CCOc1ccccc1N(C(N)=O)c1ccc([N+](=O)[O-])cc1O. The van der Waals surface area contributed by atoms with E-state index in [1.54, 1.807) is 31.2 Å². The van der Waals surface area contributed by atoms with Gasteiger partial charge in [0.25, 0.3) is 5.69 Å². The second-order valence-corrected chi connectivity index (χ2v) is 4.50. The van der Waals surface area contributed by atoms with E-state index in [2.05, 4.69) is 0 Å². The molecule has 23 heavy (non-hydrogen) atoms.